The molecule has 3 heteroatoms. The SMILES string of the molecule is Cl.Nc1ccc(Nc2ccccc2)cc1. The Balaban J connectivity index is 0.00000112. The Morgan fingerprint density at radius 1 is 0.733 bits per heavy atom. The first kappa shape index (κ1) is 11.4. The summed E-state index contributed by atoms with van der Waals surface area (Å²) < 4.78 is 0. The number of halogens is 1. The molecule has 0 aliphatic rings. The number of benzene rings is 2. The van der Waals surface area contributed by atoms with Crippen LogP contribution < -0.4 is 11.1 Å². The minimum absolute atomic E-state index is 0. The van der Waals surface area contributed by atoms with E-state index in [2.05, 4.69) is 5.32 Å². The summed E-state index contributed by atoms with van der Waals surface area (Å²) in [5, 5.41) is 3.28. The highest BCUT2D eigenvalue weighted by Crippen LogP contribution is 2.16. The summed E-state index contributed by atoms with van der Waals surface area (Å²) in [4.78, 5) is 0. The standard InChI is InChI=1S/C12H12N2.ClH/c13-10-6-8-12(9-7-10)14-11-4-2-1-3-5-11;/h1-9,14H,13H2;1H. The molecular formula is C12H13ClN2. The van der Waals surface area contributed by atoms with Gasteiger partial charge in [-0.05, 0) is 36.4 Å². The van der Waals surface area contributed by atoms with E-state index in [1.165, 1.54) is 0 Å². The van der Waals surface area contributed by atoms with E-state index in [1.54, 1.807) is 0 Å². The van der Waals surface area contributed by atoms with Crippen LogP contribution >= 0.6 is 12.4 Å². The van der Waals surface area contributed by atoms with Crippen molar-refractivity contribution in [1.82, 2.24) is 0 Å². The summed E-state index contributed by atoms with van der Waals surface area (Å²) in [6.07, 6.45) is 0. The molecule has 2 aromatic carbocycles. The van der Waals surface area contributed by atoms with E-state index in [4.69, 9.17) is 5.73 Å². The van der Waals surface area contributed by atoms with Crippen molar-refractivity contribution in [2.45, 2.75) is 0 Å². The smallest absolute Gasteiger partial charge is 0.0385 e. The molecule has 0 aromatic heterocycles. The second-order valence-electron chi connectivity index (χ2n) is 3.11. The third-order valence-corrected chi connectivity index (χ3v) is 1.97. The Morgan fingerprint density at radius 2 is 1.27 bits per heavy atom. The third-order valence-electron chi connectivity index (χ3n) is 1.97. The van der Waals surface area contributed by atoms with E-state index in [-0.39, 0.29) is 12.4 Å². The normalized spacial score (nSPS) is 9.07. The minimum atomic E-state index is 0. The van der Waals surface area contributed by atoms with Crippen molar-refractivity contribution in [3.8, 4) is 0 Å². The van der Waals surface area contributed by atoms with E-state index in [0.717, 1.165) is 17.1 Å². The fourth-order valence-corrected chi connectivity index (χ4v) is 1.25. The van der Waals surface area contributed by atoms with Crippen molar-refractivity contribution in [2.75, 3.05) is 11.1 Å². The number of nitrogen functional groups attached to an aromatic ring is 1. The lowest BCUT2D eigenvalue weighted by molar-refractivity contribution is 1.55. The molecule has 15 heavy (non-hydrogen) atoms. The van der Waals surface area contributed by atoms with Crippen LogP contribution in [0, 0.1) is 0 Å². The quantitative estimate of drug-likeness (QED) is 0.761. The Bertz CT molecular complexity index is 398. The first-order valence-corrected chi connectivity index (χ1v) is 4.52. The van der Waals surface area contributed by atoms with Crippen LogP contribution in [0.4, 0.5) is 17.1 Å². The van der Waals surface area contributed by atoms with Gasteiger partial charge in [-0.15, -0.1) is 12.4 Å². The molecule has 0 heterocycles. The summed E-state index contributed by atoms with van der Waals surface area (Å²) in [6, 6.07) is 17.7. The maximum atomic E-state index is 5.59. The van der Waals surface area contributed by atoms with Crippen LogP contribution in [0.1, 0.15) is 0 Å². The van der Waals surface area contributed by atoms with Crippen LogP contribution in [0.2, 0.25) is 0 Å². The molecule has 0 radical (unpaired) electrons. The van der Waals surface area contributed by atoms with Gasteiger partial charge in [0.1, 0.15) is 0 Å². The van der Waals surface area contributed by atoms with Gasteiger partial charge >= 0.3 is 0 Å². The molecule has 2 nitrogen and oxygen atoms in total. The molecule has 3 N–H and O–H groups in total. The highest BCUT2D eigenvalue weighted by atomic mass is 35.5. The Kier molecular flexibility index (Phi) is 4.01. The number of nitrogens with one attached hydrogen (secondary N) is 1. The fraction of sp³-hybridized carbons (Fsp3) is 0. The zero-order valence-electron chi connectivity index (χ0n) is 8.18. The maximum Gasteiger partial charge on any atom is 0.0385 e. The van der Waals surface area contributed by atoms with Crippen LogP contribution in [0.3, 0.4) is 0 Å². The molecule has 0 aliphatic carbocycles. The molecular weight excluding hydrogens is 208 g/mol. The molecule has 0 saturated heterocycles. The van der Waals surface area contributed by atoms with Crippen molar-refractivity contribution in [2.24, 2.45) is 0 Å². The minimum Gasteiger partial charge on any atom is -0.399 e. The summed E-state index contributed by atoms with van der Waals surface area (Å²) in [5.74, 6) is 0. The first-order valence-electron chi connectivity index (χ1n) is 4.52. The number of anilines is 3. The Morgan fingerprint density at radius 3 is 1.87 bits per heavy atom. The topological polar surface area (TPSA) is 38.0 Å². The highest BCUT2D eigenvalue weighted by Gasteiger charge is 1.92. The van der Waals surface area contributed by atoms with Crippen molar-refractivity contribution < 1.29 is 0 Å². The second kappa shape index (κ2) is 5.27. The molecule has 2 aromatic rings. The molecule has 0 amide bonds. The number of nitrogens with two attached hydrogens (primary N) is 1. The first-order chi connectivity index (χ1) is 6.84. The average Bonchev–Trinajstić information content (AvgIpc) is 2.23. The molecule has 0 fully saturated rings. The summed E-state index contributed by atoms with van der Waals surface area (Å²) in [6.45, 7) is 0. The van der Waals surface area contributed by atoms with Crippen LogP contribution in [0.15, 0.2) is 54.6 Å². The summed E-state index contributed by atoms with van der Waals surface area (Å²) in [7, 11) is 0. The lowest BCUT2D eigenvalue weighted by Crippen LogP contribution is -1.90. The summed E-state index contributed by atoms with van der Waals surface area (Å²) in [5.41, 5.74) is 8.50. The van der Waals surface area contributed by atoms with Gasteiger partial charge in [-0.1, -0.05) is 18.2 Å². The Labute approximate surface area is 95.5 Å². The number of hydrogen-bond donors (Lipinski definition) is 2. The maximum absolute atomic E-state index is 5.59. The van der Waals surface area contributed by atoms with Gasteiger partial charge in [0, 0.05) is 17.1 Å². The van der Waals surface area contributed by atoms with Crippen molar-refractivity contribution in [3.63, 3.8) is 0 Å². The molecule has 0 saturated carbocycles. The number of rotatable bonds is 2. The van der Waals surface area contributed by atoms with Gasteiger partial charge in [-0.3, -0.25) is 0 Å². The van der Waals surface area contributed by atoms with Gasteiger partial charge < -0.3 is 11.1 Å². The zero-order chi connectivity index (χ0) is 9.80. The van der Waals surface area contributed by atoms with Crippen LogP contribution in [0.5, 0.6) is 0 Å². The van der Waals surface area contributed by atoms with Crippen LogP contribution in [-0.2, 0) is 0 Å². The van der Waals surface area contributed by atoms with Crippen molar-refractivity contribution in [1.29, 1.82) is 0 Å². The van der Waals surface area contributed by atoms with Crippen LogP contribution in [-0.4, -0.2) is 0 Å². The molecule has 2 rings (SSSR count). The monoisotopic (exact) mass is 220 g/mol. The second-order valence-corrected chi connectivity index (χ2v) is 3.11. The van der Waals surface area contributed by atoms with Crippen LogP contribution in [0.25, 0.3) is 0 Å². The van der Waals surface area contributed by atoms with E-state index in [1.807, 2.05) is 54.6 Å². The Hall–Kier alpha value is -1.67. The lowest BCUT2D eigenvalue weighted by atomic mass is 10.2. The summed E-state index contributed by atoms with van der Waals surface area (Å²) >= 11 is 0. The molecule has 0 aliphatic heterocycles. The zero-order valence-corrected chi connectivity index (χ0v) is 9.00. The van der Waals surface area contributed by atoms with Crippen molar-refractivity contribution in [3.05, 3.63) is 54.6 Å². The number of hydrogen-bond acceptors (Lipinski definition) is 2. The van der Waals surface area contributed by atoms with Gasteiger partial charge in [0.05, 0.1) is 0 Å². The molecule has 78 valence electrons. The van der Waals surface area contributed by atoms with Gasteiger partial charge in [-0.2, -0.15) is 0 Å². The van der Waals surface area contributed by atoms with E-state index < -0.39 is 0 Å². The highest BCUT2D eigenvalue weighted by molar-refractivity contribution is 5.85. The predicted molar refractivity (Wildman–Crippen MR) is 67.8 cm³/mol. The average molecular weight is 221 g/mol. The lowest BCUT2D eigenvalue weighted by Gasteiger charge is -2.05. The van der Waals surface area contributed by atoms with E-state index >= 15 is 0 Å². The van der Waals surface area contributed by atoms with E-state index in [9.17, 15) is 0 Å². The predicted octanol–water partition coefficient (Wildman–Crippen LogP) is 3.43. The largest absolute Gasteiger partial charge is 0.399 e. The van der Waals surface area contributed by atoms with Gasteiger partial charge in [0.2, 0.25) is 0 Å². The van der Waals surface area contributed by atoms with E-state index in [0.29, 0.717) is 0 Å². The molecule has 0 unspecified atom stereocenters. The van der Waals surface area contributed by atoms with Gasteiger partial charge in [0.15, 0.2) is 0 Å². The van der Waals surface area contributed by atoms with Gasteiger partial charge in [-0.25, -0.2) is 0 Å². The molecule has 0 atom stereocenters. The molecule has 0 bridgehead atoms. The molecule has 0 spiro atoms. The van der Waals surface area contributed by atoms with Crippen molar-refractivity contribution >= 4 is 29.5 Å². The van der Waals surface area contributed by atoms with Gasteiger partial charge in [0.25, 0.3) is 0 Å². The number of para-hydroxylation sites is 1. The third kappa shape index (κ3) is 3.18. The fourth-order valence-electron chi connectivity index (χ4n) is 1.25.